The van der Waals surface area contributed by atoms with Crippen molar-refractivity contribution in [2.75, 3.05) is 20.6 Å². The van der Waals surface area contributed by atoms with Crippen molar-refractivity contribution in [1.29, 1.82) is 0 Å². The molecule has 2 heteroatoms. The normalized spacial score (nSPS) is 14.5. The molecule has 0 aromatic carbocycles. The van der Waals surface area contributed by atoms with E-state index in [2.05, 4.69) is 38.7 Å². The van der Waals surface area contributed by atoms with Crippen molar-refractivity contribution in [1.82, 2.24) is 4.90 Å². The summed E-state index contributed by atoms with van der Waals surface area (Å²) in [6.45, 7) is 15.0. The fourth-order valence-corrected chi connectivity index (χ4v) is 1.01. The van der Waals surface area contributed by atoms with E-state index in [0.717, 1.165) is 18.5 Å². The summed E-state index contributed by atoms with van der Waals surface area (Å²) in [5.74, 6) is 0. The van der Waals surface area contributed by atoms with Crippen LogP contribution in [0.4, 0.5) is 0 Å². The Balaban J connectivity index is 0. The van der Waals surface area contributed by atoms with Crippen LogP contribution in [0.2, 0.25) is 0 Å². The van der Waals surface area contributed by atoms with Gasteiger partial charge in [-0.15, -0.1) is 13.2 Å². The van der Waals surface area contributed by atoms with Crippen LogP contribution in [-0.2, 0) is 0 Å². The van der Waals surface area contributed by atoms with Crippen LogP contribution in [0, 0.1) is 0 Å². The van der Waals surface area contributed by atoms with Gasteiger partial charge in [0.2, 0.25) is 0 Å². The molecule has 0 aromatic rings. The molecule has 0 heterocycles. The molecule has 2 N–H and O–H groups in total. The quantitative estimate of drug-likeness (QED) is 0.558. The van der Waals surface area contributed by atoms with E-state index in [0.29, 0.717) is 0 Å². The summed E-state index contributed by atoms with van der Waals surface area (Å²) >= 11 is 0. The van der Waals surface area contributed by atoms with Crippen molar-refractivity contribution < 1.29 is 0 Å². The molecule has 0 aliphatic heterocycles. The molecule has 0 amide bonds. The van der Waals surface area contributed by atoms with E-state index in [-0.39, 0.29) is 5.54 Å². The van der Waals surface area contributed by atoms with Gasteiger partial charge in [0, 0.05) is 5.54 Å². The molecule has 0 fully saturated rings. The lowest BCUT2D eigenvalue weighted by Gasteiger charge is -2.27. The molecule has 0 radical (unpaired) electrons. The van der Waals surface area contributed by atoms with E-state index in [1.54, 1.807) is 0 Å². The zero-order valence-corrected chi connectivity index (χ0v) is 10.7. The van der Waals surface area contributed by atoms with Crippen molar-refractivity contribution in [3.63, 3.8) is 0 Å². The molecule has 0 saturated carbocycles. The van der Waals surface area contributed by atoms with Gasteiger partial charge in [0.05, 0.1) is 0 Å². The highest BCUT2D eigenvalue weighted by molar-refractivity contribution is 5.26. The average Bonchev–Trinajstić information content (AvgIpc) is 2.18. The van der Waals surface area contributed by atoms with Crippen LogP contribution >= 0.6 is 0 Å². The monoisotopic (exact) mass is 210 g/mol. The minimum absolute atomic E-state index is 0.281. The Bertz CT molecular complexity index is 203. The first-order valence-electron chi connectivity index (χ1n) is 5.16. The van der Waals surface area contributed by atoms with Crippen molar-refractivity contribution in [2.24, 2.45) is 5.73 Å². The van der Waals surface area contributed by atoms with Gasteiger partial charge in [-0.2, -0.15) is 0 Å². The summed E-state index contributed by atoms with van der Waals surface area (Å²) in [5.41, 5.74) is 6.83. The fraction of sp³-hybridized carbons (Fsp3) is 0.538. The highest BCUT2D eigenvalue weighted by Gasteiger charge is 2.19. The molecule has 88 valence electrons. The van der Waals surface area contributed by atoms with Gasteiger partial charge in [0.25, 0.3) is 0 Å². The van der Waals surface area contributed by atoms with E-state index in [9.17, 15) is 0 Å². The van der Waals surface area contributed by atoms with E-state index in [4.69, 9.17) is 5.73 Å². The van der Waals surface area contributed by atoms with Crippen LogP contribution in [0.15, 0.2) is 37.5 Å². The first-order valence-corrected chi connectivity index (χ1v) is 5.16. The van der Waals surface area contributed by atoms with Gasteiger partial charge in [-0.05, 0) is 46.5 Å². The fourth-order valence-electron chi connectivity index (χ4n) is 1.01. The summed E-state index contributed by atoms with van der Waals surface area (Å²) in [4.78, 5) is 2.13. The van der Waals surface area contributed by atoms with Crippen LogP contribution < -0.4 is 5.73 Å². The molecule has 0 aromatic heterocycles. The minimum Gasteiger partial charge on any atom is -0.322 e. The van der Waals surface area contributed by atoms with Crippen LogP contribution in [0.25, 0.3) is 0 Å². The van der Waals surface area contributed by atoms with Crippen LogP contribution in [0.1, 0.15) is 20.3 Å². The Hall–Kier alpha value is -0.860. The second kappa shape index (κ2) is 8.45. The lowest BCUT2D eigenvalue weighted by Crippen LogP contribution is -2.40. The summed E-state index contributed by atoms with van der Waals surface area (Å²) in [7, 11) is 4.10. The Morgan fingerprint density at radius 3 is 2.20 bits per heavy atom. The zero-order valence-electron chi connectivity index (χ0n) is 10.7. The van der Waals surface area contributed by atoms with Gasteiger partial charge in [-0.25, -0.2) is 0 Å². The van der Waals surface area contributed by atoms with Crippen molar-refractivity contribution in [3.05, 3.63) is 37.5 Å². The van der Waals surface area contributed by atoms with Gasteiger partial charge in [0.1, 0.15) is 0 Å². The molecule has 0 rings (SSSR count). The topological polar surface area (TPSA) is 29.3 Å². The van der Waals surface area contributed by atoms with Gasteiger partial charge >= 0.3 is 0 Å². The van der Waals surface area contributed by atoms with E-state index < -0.39 is 0 Å². The van der Waals surface area contributed by atoms with Crippen LogP contribution in [0.5, 0.6) is 0 Å². The molecule has 1 unspecified atom stereocenters. The standard InChI is InChI=1S/C11H22N2.C2H4/c1-6-7-10(2)11(3,12)8-9-13(4)5;1-2/h6-7H,2,8-9,12H2,1,3-5H3;1-2H2/b7-6-;. The maximum Gasteiger partial charge on any atom is 0.0387 e. The summed E-state index contributed by atoms with van der Waals surface area (Å²) < 4.78 is 0. The lowest BCUT2D eigenvalue weighted by atomic mass is 9.90. The minimum atomic E-state index is -0.281. The second-order valence-corrected chi connectivity index (χ2v) is 4.00. The summed E-state index contributed by atoms with van der Waals surface area (Å²) in [6, 6.07) is 0. The number of nitrogens with two attached hydrogens (primary N) is 1. The number of rotatable bonds is 5. The third-order valence-electron chi connectivity index (χ3n) is 2.18. The second-order valence-electron chi connectivity index (χ2n) is 4.00. The van der Waals surface area contributed by atoms with Gasteiger partial charge < -0.3 is 10.6 Å². The molecule has 0 saturated heterocycles. The maximum atomic E-state index is 6.12. The smallest absolute Gasteiger partial charge is 0.0387 e. The van der Waals surface area contributed by atoms with E-state index in [1.807, 2.05) is 26.0 Å². The summed E-state index contributed by atoms with van der Waals surface area (Å²) in [6.07, 6.45) is 4.89. The largest absolute Gasteiger partial charge is 0.322 e. The molecule has 0 spiro atoms. The van der Waals surface area contributed by atoms with Crippen molar-refractivity contribution >= 4 is 0 Å². The lowest BCUT2D eigenvalue weighted by molar-refractivity contribution is 0.355. The molecule has 2 nitrogen and oxygen atoms in total. The molecule has 0 aliphatic carbocycles. The van der Waals surface area contributed by atoms with Gasteiger partial charge in [-0.1, -0.05) is 18.7 Å². The highest BCUT2D eigenvalue weighted by atomic mass is 15.1. The average molecular weight is 210 g/mol. The Kier molecular flexibility index (Phi) is 9.33. The van der Waals surface area contributed by atoms with Crippen molar-refractivity contribution in [2.45, 2.75) is 25.8 Å². The van der Waals surface area contributed by atoms with Gasteiger partial charge in [-0.3, -0.25) is 0 Å². The summed E-state index contributed by atoms with van der Waals surface area (Å²) in [5, 5.41) is 0. The third-order valence-corrected chi connectivity index (χ3v) is 2.18. The van der Waals surface area contributed by atoms with Crippen LogP contribution in [0.3, 0.4) is 0 Å². The molecule has 0 aliphatic rings. The first-order chi connectivity index (χ1) is 6.90. The number of hydrogen-bond acceptors (Lipinski definition) is 2. The molecule has 1 atom stereocenters. The highest BCUT2D eigenvalue weighted by Crippen LogP contribution is 2.17. The predicted molar refractivity (Wildman–Crippen MR) is 71.0 cm³/mol. The predicted octanol–water partition coefficient (Wildman–Crippen LogP) is 2.59. The number of allylic oxidation sites excluding steroid dienone is 1. The van der Waals surface area contributed by atoms with Crippen molar-refractivity contribution in [3.8, 4) is 0 Å². The number of nitrogens with zero attached hydrogens (tertiary/aromatic N) is 1. The Morgan fingerprint density at radius 1 is 1.40 bits per heavy atom. The molecular formula is C13H26N2. The zero-order chi connectivity index (χ0) is 12.5. The Morgan fingerprint density at radius 2 is 1.87 bits per heavy atom. The SMILES string of the molecule is C=C.C=C(/C=C\C)C(C)(N)CCN(C)C. The van der Waals surface area contributed by atoms with E-state index in [1.165, 1.54) is 0 Å². The first kappa shape index (κ1) is 16.6. The number of hydrogen-bond donors (Lipinski definition) is 1. The molecular weight excluding hydrogens is 184 g/mol. The Labute approximate surface area is 95.2 Å². The van der Waals surface area contributed by atoms with Gasteiger partial charge in [0.15, 0.2) is 0 Å². The maximum absolute atomic E-state index is 6.12. The van der Waals surface area contributed by atoms with E-state index >= 15 is 0 Å². The molecule has 15 heavy (non-hydrogen) atoms. The van der Waals surface area contributed by atoms with Crippen LogP contribution in [-0.4, -0.2) is 31.1 Å². The third kappa shape index (κ3) is 8.16. The molecule has 0 bridgehead atoms.